The van der Waals surface area contributed by atoms with Crippen molar-refractivity contribution in [2.24, 2.45) is 0 Å². The summed E-state index contributed by atoms with van der Waals surface area (Å²) >= 11 is 0. The largest absolute Gasteiger partial charge is 0.430 e. The predicted octanol–water partition coefficient (Wildman–Crippen LogP) is 4.92. The molecule has 0 saturated heterocycles. The van der Waals surface area contributed by atoms with E-state index in [1.165, 1.54) is 31.2 Å². The van der Waals surface area contributed by atoms with Crippen LogP contribution >= 0.6 is 0 Å². The number of aliphatic hydroxyl groups is 1. The van der Waals surface area contributed by atoms with Crippen LogP contribution in [0.1, 0.15) is 29.7 Å². The van der Waals surface area contributed by atoms with Crippen LogP contribution in [-0.2, 0) is 15.4 Å². The molecule has 0 radical (unpaired) electrons. The molecule has 0 amide bonds. The molecule has 0 aliphatic rings. The number of hydrogen-bond donors (Lipinski definition) is 1. The third-order valence-corrected chi connectivity index (χ3v) is 6.62. The third-order valence-electron chi connectivity index (χ3n) is 4.34. The molecule has 0 spiro atoms. The van der Waals surface area contributed by atoms with Crippen LogP contribution in [0.3, 0.4) is 0 Å². The molecule has 1 atom stereocenters. The van der Waals surface area contributed by atoms with Crippen LogP contribution in [0.5, 0.6) is 0 Å². The topological polar surface area (TPSA) is 54.4 Å². The highest BCUT2D eigenvalue weighted by atomic mass is 32.2. The number of hydrogen-bond acceptors (Lipinski definition) is 3. The van der Waals surface area contributed by atoms with Crippen molar-refractivity contribution in [3.05, 3.63) is 65.7 Å². The normalized spacial score (nSPS) is 14.7. The fourth-order valence-electron chi connectivity index (χ4n) is 2.84. The van der Waals surface area contributed by atoms with Gasteiger partial charge in [-0.15, -0.1) is 0 Å². The van der Waals surface area contributed by atoms with Crippen LogP contribution < -0.4 is 0 Å². The Morgan fingerprint density at radius 3 is 1.71 bits per heavy atom. The lowest BCUT2D eigenvalue weighted by Crippen LogP contribution is -2.53. The summed E-state index contributed by atoms with van der Waals surface area (Å²) in [5, 5.41) is 8.24. The van der Waals surface area contributed by atoms with E-state index in [1.807, 2.05) is 0 Å². The first-order valence-corrected chi connectivity index (χ1v) is 9.56. The predicted molar refractivity (Wildman–Crippen MR) is 89.1 cm³/mol. The molecule has 1 unspecified atom stereocenters. The minimum Gasteiger partial charge on any atom is -0.369 e. The zero-order valence-electron chi connectivity index (χ0n) is 14.4. The van der Waals surface area contributed by atoms with Crippen LogP contribution in [-0.4, -0.2) is 25.9 Å². The maximum atomic E-state index is 13.0. The monoisotopic (exact) mass is 426 g/mol. The van der Waals surface area contributed by atoms with Gasteiger partial charge in [-0.2, -0.15) is 26.3 Å². The number of rotatable bonds is 5. The Labute approximate surface area is 157 Å². The lowest BCUT2D eigenvalue weighted by atomic mass is 9.91. The average Bonchev–Trinajstić information content (AvgIpc) is 2.61. The van der Waals surface area contributed by atoms with Crippen molar-refractivity contribution >= 4 is 9.84 Å². The zero-order valence-corrected chi connectivity index (χ0v) is 15.2. The minimum atomic E-state index is -6.01. The van der Waals surface area contributed by atoms with Crippen LogP contribution in [0.2, 0.25) is 0 Å². The molecule has 154 valence electrons. The van der Waals surface area contributed by atoms with E-state index in [0.29, 0.717) is 12.1 Å². The first kappa shape index (κ1) is 22.2. The highest BCUT2D eigenvalue weighted by Crippen LogP contribution is 2.50. The number of sulfone groups is 1. The summed E-state index contributed by atoms with van der Waals surface area (Å²) in [7, 11) is -3.92. The Balaban J connectivity index is 2.51. The molecular formula is C18H16F6O3S. The van der Waals surface area contributed by atoms with Gasteiger partial charge in [0.15, 0.2) is 9.84 Å². The molecule has 2 rings (SSSR count). The van der Waals surface area contributed by atoms with Gasteiger partial charge in [0.25, 0.3) is 5.60 Å². The quantitative estimate of drug-likeness (QED) is 0.691. The molecule has 0 aromatic heterocycles. The van der Waals surface area contributed by atoms with Crippen molar-refractivity contribution in [1.29, 1.82) is 0 Å². The second kappa shape index (κ2) is 7.40. The van der Waals surface area contributed by atoms with E-state index in [4.69, 9.17) is 0 Å². The standard InChI is InChI=1S/C18H16F6O3S/c1-2-15(28(26,27)14-6-4-3-5-7-14)12-8-10-13(11-9-12)16(25,17(19,20)21)18(22,23)24/h3-11,15,25H,2H2,1H3. The van der Waals surface area contributed by atoms with Gasteiger partial charge in [-0.3, -0.25) is 0 Å². The Morgan fingerprint density at radius 1 is 0.857 bits per heavy atom. The molecule has 0 aliphatic heterocycles. The lowest BCUT2D eigenvalue weighted by Gasteiger charge is -2.32. The molecule has 10 heteroatoms. The van der Waals surface area contributed by atoms with Crippen molar-refractivity contribution in [1.82, 2.24) is 0 Å². The van der Waals surface area contributed by atoms with E-state index >= 15 is 0 Å². The average molecular weight is 426 g/mol. The Bertz CT molecular complexity index is 889. The smallest absolute Gasteiger partial charge is 0.369 e. The molecule has 1 N–H and O–H groups in total. The number of halogens is 6. The summed E-state index contributed by atoms with van der Waals surface area (Å²) < 4.78 is 103. The maximum absolute atomic E-state index is 13.0. The van der Waals surface area contributed by atoms with Crippen molar-refractivity contribution < 1.29 is 39.9 Å². The molecule has 0 heterocycles. The fourth-order valence-corrected chi connectivity index (χ4v) is 4.66. The second-order valence-corrected chi connectivity index (χ2v) is 8.21. The molecule has 28 heavy (non-hydrogen) atoms. The van der Waals surface area contributed by atoms with Gasteiger partial charge in [0.2, 0.25) is 0 Å². The van der Waals surface area contributed by atoms with Gasteiger partial charge in [0.1, 0.15) is 0 Å². The van der Waals surface area contributed by atoms with Crippen molar-refractivity contribution in [3.63, 3.8) is 0 Å². The van der Waals surface area contributed by atoms with Crippen molar-refractivity contribution in [2.75, 3.05) is 0 Å². The number of alkyl halides is 6. The van der Waals surface area contributed by atoms with E-state index in [1.54, 1.807) is 6.07 Å². The maximum Gasteiger partial charge on any atom is 0.430 e. The van der Waals surface area contributed by atoms with Gasteiger partial charge >= 0.3 is 12.4 Å². The number of benzene rings is 2. The molecule has 2 aromatic rings. The fraction of sp³-hybridized carbons (Fsp3) is 0.333. The van der Waals surface area contributed by atoms with E-state index in [0.717, 1.165) is 12.1 Å². The van der Waals surface area contributed by atoms with E-state index in [-0.39, 0.29) is 16.9 Å². The summed E-state index contributed by atoms with van der Waals surface area (Å²) in [4.78, 5) is -0.0204. The molecule has 3 nitrogen and oxygen atoms in total. The van der Waals surface area contributed by atoms with E-state index in [9.17, 15) is 39.9 Å². The molecule has 0 saturated carbocycles. The van der Waals surface area contributed by atoms with Crippen LogP contribution in [0.25, 0.3) is 0 Å². The van der Waals surface area contributed by atoms with Gasteiger partial charge in [-0.1, -0.05) is 49.4 Å². The highest BCUT2D eigenvalue weighted by molar-refractivity contribution is 7.91. The van der Waals surface area contributed by atoms with Gasteiger partial charge in [0, 0.05) is 5.56 Å². The summed E-state index contributed by atoms with van der Waals surface area (Å²) in [6.07, 6.45) is -12.0. The van der Waals surface area contributed by atoms with Gasteiger partial charge < -0.3 is 5.11 Å². The summed E-state index contributed by atoms with van der Waals surface area (Å²) in [5.41, 5.74) is -6.48. The SMILES string of the molecule is CCC(c1ccc(C(O)(C(F)(F)F)C(F)(F)F)cc1)S(=O)(=O)c1ccccc1. The van der Waals surface area contributed by atoms with Crippen molar-refractivity contribution in [3.8, 4) is 0 Å². The summed E-state index contributed by atoms with van der Waals surface area (Å²) in [5.74, 6) is 0. The Morgan fingerprint density at radius 2 is 1.32 bits per heavy atom. The molecule has 0 aliphatic carbocycles. The van der Waals surface area contributed by atoms with E-state index in [2.05, 4.69) is 0 Å². The van der Waals surface area contributed by atoms with E-state index < -0.39 is 38.6 Å². The molecule has 0 bridgehead atoms. The van der Waals surface area contributed by atoms with Gasteiger partial charge in [-0.25, -0.2) is 8.42 Å². The van der Waals surface area contributed by atoms with Crippen LogP contribution in [0, 0.1) is 0 Å². The highest BCUT2D eigenvalue weighted by Gasteiger charge is 2.71. The van der Waals surface area contributed by atoms with Crippen LogP contribution in [0.4, 0.5) is 26.3 Å². The summed E-state index contributed by atoms with van der Waals surface area (Å²) in [6, 6.07) is 9.88. The van der Waals surface area contributed by atoms with Crippen LogP contribution in [0.15, 0.2) is 59.5 Å². The zero-order chi connectivity index (χ0) is 21.4. The first-order chi connectivity index (χ1) is 12.8. The molecule has 2 aromatic carbocycles. The van der Waals surface area contributed by atoms with Gasteiger partial charge in [0.05, 0.1) is 10.1 Å². The van der Waals surface area contributed by atoms with Crippen molar-refractivity contribution in [2.45, 2.75) is 41.4 Å². The molecular weight excluding hydrogens is 410 g/mol. The third kappa shape index (κ3) is 3.75. The first-order valence-electron chi connectivity index (χ1n) is 8.02. The Kier molecular flexibility index (Phi) is 5.87. The Hall–Kier alpha value is -2.07. The minimum absolute atomic E-state index is 0.0156. The second-order valence-electron chi connectivity index (χ2n) is 6.08. The lowest BCUT2D eigenvalue weighted by molar-refractivity contribution is -0.376. The van der Waals surface area contributed by atoms with Gasteiger partial charge in [-0.05, 0) is 24.1 Å². The summed E-state index contributed by atoms with van der Waals surface area (Å²) in [6.45, 7) is 1.53. The molecule has 0 fully saturated rings.